The lowest BCUT2D eigenvalue weighted by atomic mass is 10.2. The summed E-state index contributed by atoms with van der Waals surface area (Å²) in [5.74, 6) is 1.87. The van der Waals surface area contributed by atoms with E-state index in [0.29, 0.717) is 23.6 Å². The minimum Gasteiger partial charge on any atom is -0.409 e. The smallest absolute Gasteiger partial charge is 0.142 e. The largest absolute Gasteiger partial charge is 0.409 e. The van der Waals surface area contributed by atoms with E-state index < -0.39 is 0 Å². The molecule has 1 aliphatic carbocycles. The molecule has 2 aliphatic rings. The van der Waals surface area contributed by atoms with E-state index >= 15 is 0 Å². The Morgan fingerprint density at radius 3 is 2.44 bits per heavy atom. The first-order chi connectivity index (χ1) is 7.81. The van der Waals surface area contributed by atoms with E-state index in [4.69, 9.17) is 10.9 Å². The molecule has 0 spiro atoms. The number of hydrogen-bond donors (Lipinski definition) is 2. The summed E-state index contributed by atoms with van der Waals surface area (Å²) in [4.78, 5) is 2.37. The van der Waals surface area contributed by atoms with Crippen molar-refractivity contribution in [2.75, 3.05) is 18.0 Å². The Kier molecular flexibility index (Phi) is 2.02. The molecule has 84 valence electrons. The highest BCUT2D eigenvalue weighted by molar-refractivity contribution is 5.86. The standard InChI is InChI=1S/C12H15N3O/c13-12(14-16)11-9-6-15(7-10(9)11)8-4-2-1-3-5-8/h1-5,9-11,16H,6-7H2,(H2,13,14)/t9-,10+,11+. The van der Waals surface area contributed by atoms with Crippen LogP contribution in [0, 0.1) is 17.8 Å². The number of anilines is 1. The number of piperidine rings is 1. The molecule has 3 N–H and O–H groups in total. The fraction of sp³-hybridized carbons (Fsp3) is 0.417. The van der Waals surface area contributed by atoms with Gasteiger partial charge in [-0.25, -0.2) is 0 Å². The highest BCUT2D eigenvalue weighted by atomic mass is 16.4. The number of hydrogen-bond acceptors (Lipinski definition) is 3. The van der Waals surface area contributed by atoms with E-state index in [9.17, 15) is 0 Å². The van der Waals surface area contributed by atoms with Gasteiger partial charge in [0.25, 0.3) is 0 Å². The van der Waals surface area contributed by atoms with E-state index in [1.54, 1.807) is 0 Å². The minimum atomic E-state index is 0.310. The molecule has 2 fully saturated rings. The SMILES string of the molecule is N/C(=N\O)[C@H]1[C@@H]2CN(c3ccccc3)C[C@@H]21. The molecule has 3 rings (SSSR count). The van der Waals surface area contributed by atoms with Gasteiger partial charge in [0.05, 0.1) is 0 Å². The molecule has 1 saturated carbocycles. The molecule has 0 aromatic heterocycles. The van der Waals surface area contributed by atoms with Crippen molar-refractivity contribution in [3.63, 3.8) is 0 Å². The van der Waals surface area contributed by atoms with Gasteiger partial charge in [0.2, 0.25) is 0 Å². The van der Waals surface area contributed by atoms with Gasteiger partial charge in [0.1, 0.15) is 5.84 Å². The third kappa shape index (κ3) is 1.33. The second-order valence-electron chi connectivity index (χ2n) is 4.62. The Morgan fingerprint density at radius 1 is 1.25 bits per heavy atom. The Bertz CT molecular complexity index is 406. The molecular weight excluding hydrogens is 202 g/mol. The van der Waals surface area contributed by atoms with E-state index in [2.05, 4.69) is 34.3 Å². The molecule has 1 aromatic rings. The second-order valence-corrected chi connectivity index (χ2v) is 4.62. The summed E-state index contributed by atoms with van der Waals surface area (Å²) in [6, 6.07) is 10.4. The van der Waals surface area contributed by atoms with Crippen molar-refractivity contribution in [2.45, 2.75) is 0 Å². The Morgan fingerprint density at radius 2 is 1.88 bits per heavy atom. The van der Waals surface area contributed by atoms with Crippen LogP contribution >= 0.6 is 0 Å². The molecule has 1 heterocycles. The normalized spacial score (nSPS) is 32.6. The molecule has 4 nitrogen and oxygen atoms in total. The maximum absolute atomic E-state index is 8.63. The lowest BCUT2D eigenvalue weighted by Crippen LogP contribution is -2.28. The van der Waals surface area contributed by atoms with E-state index in [1.165, 1.54) is 5.69 Å². The third-order valence-corrected chi connectivity index (χ3v) is 3.77. The lowest BCUT2D eigenvalue weighted by molar-refractivity contribution is 0.315. The van der Waals surface area contributed by atoms with E-state index in [1.807, 2.05) is 6.07 Å². The average Bonchev–Trinajstić information content (AvgIpc) is 2.84. The van der Waals surface area contributed by atoms with Crippen LogP contribution in [-0.4, -0.2) is 24.1 Å². The van der Waals surface area contributed by atoms with Gasteiger partial charge < -0.3 is 15.8 Å². The number of nitrogens with zero attached hydrogens (tertiary/aromatic N) is 2. The summed E-state index contributed by atoms with van der Waals surface area (Å²) in [5.41, 5.74) is 6.91. The van der Waals surface area contributed by atoms with Gasteiger partial charge in [-0.3, -0.25) is 0 Å². The van der Waals surface area contributed by atoms with Crippen LogP contribution in [0.3, 0.4) is 0 Å². The molecule has 1 aromatic carbocycles. The van der Waals surface area contributed by atoms with Crippen LogP contribution in [0.1, 0.15) is 0 Å². The van der Waals surface area contributed by atoms with Gasteiger partial charge in [-0.05, 0) is 24.0 Å². The number of oxime groups is 1. The van der Waals surface area contributed by atoms with Crippen LogP contribution < -0.4 is 10.6 Å². The van der Waals surface area contributed by atoms with Crippen molar-refractivity contribution < 1.29 is 5.21 Å². The average molecular weight is 217 g/mol. The van der Waals surface area contributed by atoms with Crippen LogP contribution in [0.5, 0.6) is 0 Å². The summed E-state index contributed by atoms with van der Waals surface area (Å²) < 4.78 is 0. The highest BCUT2D eigenvalue weighted by Gasteiger charge is 2.57. The van der Waals surface area contributed by atoms with Crippen LogP contribution in [0.25, 0.3) is 0 Å². The van der Waals surface area contributed by atoms with Gasteiger partial charge in [-0.1, -0.05) is 23.4 Å². The molecule has 0 radical (unpaired) electrons. The second kappa shape index (κ2) is 3.40. The zero-order valence-electron chi connectivity index (χ0n) is 8.95. The van der Waals surface area contributed by atoms with Gasteiger partial charge in [0.15, 0.2) is 0 Å². The van der Waals surface area contributed by atoms with Gasteiger partial charge >= 0.3 is 0 Å². The molecule has 3 atom stereocenters. The van der Waals surface area contributed by atoms with Crippen LogP contribution in [0.2, 0.25) is 0 Å². The molecule has 1 saturated heterocycles. The van der Waals surface area contributed by atoms with E-state index in [0.717, 1.165) is 13.1 Å². The van der Waals surface area contributed by atoms with Gasteiger partial charge in [-0.2, -0.15) is 0 Å². The molecule has 0 bridgehead atoms. The number of nitrogens with two attached hydrogens (primary N) is 1. The van der Waals surface area contributed by atoms with Gasteiger partial charge in [-0.15, -0.1) is 0 Å². The summed E-state index contributed by atoms with van der Waals surface area (Å²) in [5, 5.41) is 11.7. The maximum atomic E-state index is 8.63. The number of amidine groups is 1. The van der Waals surface area contributed by atoms with Crippen molar-refractivity contribution in [1.29, 1.82) is 0 Å². The topological polar surface area (TPSA) is 61.9 Å². The molecule has 16 heavy (non-hydrogen) atoms. The van der Waals surface area contributed by atoms with Crippen molar-refractivity contribution in [2.24, 2.45) is 28.6 Å². The fourth-order valence-corrected chi connectivity index (χ4v) is 2.88. The zero-order chi connectivity index (χ0) is 11.1. The Balaban J connectivity index is 1.68. The lowest BCUT2D eigenvalue weighted by Gasteiger charge is -2.21. The van der Waals surface area contributed by atoms with Crippen LogP contribution in [0.15, 0.2) is 35.5 Å². The zero-order valence-corrected chi connectivity index (χ0v) is 8.95. The quantitative estimate of drug-likeness (QED) is 0.338. The van der Waals surface area contributed by atoms with Crippen molar-refractivity contribution in [1.82, 2.24) is 0 Å². The first kappa shape index (κ1) is 9.51. The predicted molar refractivity (Wildman–Crippen MR) is 62.5 cm³/mol. The first-order valence-corrected chi connectivity index (χ1v) is 5.58. The molecule has 4 heteroatoms. The van der Waals surface area contributed by atoms with E-state index in [-0.39, 0.29) is 0 Å². The predicted octanol–water partition coefficient (Wildman–Crippen LogP) is 1.12. The Labute approximate surface area is 94.4 Å². The fourth-order valence-electron chi connectivity index (χ4n) is 2.88. The molecule has 0 unspecified atom stereocenters. The van der Waals surface area contributed by atoms with Crippen LogP contribution in [-0.2, 0) is 0 Å². The van der Waals surface area contributed by atoms with Crippen molar-refractivity contribution >= 4 is 11.5 Å². The monoisotopic (exact) mass is 217 g/mol. The summed E-state index contributed by atoms with van der Waals surface area (Å²) >= 11 is 0. The molecular formula is C12H15N3O. The van der Waals surface area contributed by atoms with Crippen molar-refractivity contribution in [3.05, 3.63) is 30.3 Å². The minimum absolute atomic E-state index is 0.310. The first-order valence-electron chi connectivity index (χ1n) is 5.58. The number of para-hydroxylation sites is 1. The van der Waals surface area contributed by atoms with Crippen molar-refractivity contribution in [3.8, 4) is 0 Å². The van der Waals surface area contributed by atoms with Crippen LogP contribution in [0.4, 0.5) is 5.69 Å². The number of fused-ring (bicyclic) bond motifs is 1. The Hall–Kier alpha value is -1.71. The number of rotatable bonds is 2. The summed E-state index contributed by atoms with van der Waals surface area (Å²) in [6.45, 7) is 2.05. The number of benzene rings is 1. The summed E-state index contributed by atoms with van der Waals surface area (Å²) in [7, 11) is 0. The maximum Gasteiger partial charge on any atom is 0.142 e. The highest BCUT2D eigenvalue weighted by Crippen LogP contribution is 2.52. The molecule has 1 aliphatic heterocycles. The molecule has 0 amide bonds. The van der Waals surface area contributed by atoms with Gasteiger partial charge in [0, 0.05) is 24.7 Å². The summed E-state index contributed by atoms with van der Waals surface area (Å²) in [6.07, 6.45) is 0. The third-order valence-electron chi connectivity index (χ3n) is 3.77.